The number of benzene rings is 1. The van der Waals surface area contributed by atoms with Gasteiger partial charge in [-0.1, -0.05) is 11.6 Å². The minimum Gasteiger partial charge on any atom is -0.236 e. The number of aryl methyl sites for hydroxylation is 2. The van der Waals surface area contributed by atoms with Crippen LogP contribution in [0.4, 0.5) is 0 Å². The Bertz CT molecular complexity index is 597. The van der Waals surface area contributed by atoms with Crippen LogP contribution < -0.4 is 0 Å². The van der Waals surface area contributed by atoms with Gasteiger partial charge >= 0.3 is 0 Å². The maximum Gasteiger partial charge on any atom is 0.134 e. The topological polar surface area (TPSA) is 36.7 Å². The molecule has 2 aromatic rings. The Kier molecular flexibility index (Phi) is 2.80. The molecule has 0 spiro atoms. The van der Waals surface area contributed by atoms with E-state index >= 15 is 0 Å². The Morgan fingerprint density at radius 1 is 1.25 bits per heavy atom. The summed E-state index contributed by atoms with van der Waals surface area (Å²) in [5.41, 5.74) is 4.10. The second-order valence-corrected chi connectivity index (χ2v) is 4.26. The minimum atomic E-state index is 0.300. The van der Waals surface area contributed by atoms with Gasteiger partial charge in [0.1, 0.15) is 5.15 Å². The van der Waals surface area contributed by atoms with Gasteiger partial charge < -0.3 is 0 Å². The molecule has 1 aromatic heterocycles. The van der Waals surface area contributed by atoms with Gasteiger partial charge in [-0.05, 0) is 43.2 Å². The molecular formula is C13H11ClN2. The van der Waals surface area contributed by atoms with Crippen molar-refractivity contribution in [2.45, 2.75) is 20.3 Å². The smallest absolute Gasteiger partial charge is 0.134 e. The van der Waals surface area contributed by atoms with Crippen LogP contribution in [-0.2, 0) is 6.42 Å². The molecule has 0 bridgehead atoms. The second kappa shape index (κ2) is 4.11. The predicted octanol–water partition coefficient (Wildman–Crippen LogP) is 3.57. The van der Waals surface area contributed by atoms with Gasteiger partial charge in [0.25, 0.3) is 0 Å². The van der Waals surface area contributed by atoms with E-state index in [1.807, 2.05) is 19.1 Å². The van der Waals surface area contributed by atoms with Crippen LogP contribution >= 0.6 is 11.6 Å². The van der Waals surface area contributed by atoms with Crippen LogP contribution in [0.3, 0.4) is 0 Å². The van der Waals surface area contributed by atoms with E-state index in [4.69, 9.17) is 16.9 Å². The normalized spacial score (nSPS) is 10.4. The first kappa shape index (κ1) is 10.9. The first-order valence-corrected chi connectivity index (χ1v) is 5.43. The molecule has 0 saturated carbocycles. The van der Waals surface area contributed by atoms with E-state index in [0.29, 0.717) is 11.6 Å². The highest BCUT2D eigenvalue weighted by Gasteiger charge is 2.06. The third-order valence-electron chi connectivity index (χ3n) is 2.73. The van der Waals surface area contributed by atoms with Crippen LogP contribution in [0.2, 0.25) is 5.15 Å². The van der Waals surface area contributed by atoms with Crippen molar-refractivity contribution in [2.75, 3.05) is 0 Å². The SMILES string of the molecule is Cc1cc2cc(CC#N)c(Cl)nc2cc1C. The number of aromatic nitrogens is 1. The number of fused-ring (bicyclic) bond motifs is 1. The van der Waals surface area contributed by atoms with Crippen LogP contribution in [0.25, 0.3) is 10.9 Å². The lowest BCUT2D eigenvalue weighted by Gasteiger charge is -2.06. The fourth-order valence-electron chi connectivity index (χ4n) is 1.67. The van der Waals surface area contributed by atoms with Crippen molar-refractivity contribution in [3.05, 3.63) is 40.0 Å². The zero-order chi connectivity index (χ0) is 11.7. The van der Waals surface area contributed by atoms with E-state index < -0.39 is 0 Å². The van der Waals surface area contributed by atoms with Crippen molar-refractivity contribution in [3.8, 4) is 6.07 Å². The highest BCUT2D eigenvalue weighted by atomic mass is 35.5. The standard InChI is InChI=1S/C13H11ClN2/c1-8-5-11-7-10(3-4-15)13(14)16-12(11)6-9(8)2/h5-7H,3H2,1-2H3. The molecule has 0 N–H and O–H groups in total. The largest absolute Gasteiger partial charge is 0.236 e. The molecule has 0 atom stereocenters. The molecule has 0 radical (unpaired) electrons. The molecule has 0 aliphatic heterocycles. The molecule has 3 heteroatoms. The molecule has 0 saturated heterocycles. The van der Waals surface area contributed by atoms with Crippen LogP contribution in [0.5, 0.6) is 0 Å². The molecule has 0 unspecified atom stereocenters. The van der Waals surface area contributed by atoms with Crippen molar-refractivity contribution in [2.24, 2.45) is 0 Å². The summed E-state index contributed by atoms with van der Waals surface area (Å²) in [5, 5.41) is 10.1. The summed E-state index contributed by atoms with van der Waals surface area (Å²) in [6.45, 7) is 4.11. The quantitative estimate of drug-likeness (QED) is 0.703. The van der Waals surface area contributed by atoms with Crippen molar-refractivity contribution in [1.82, 2.24) is 4.98 Å². The number of hydrogen-bond donors (Lipinski definition) is 0. The summed E-state index contributed by atoms with van der Waals surface area (Å²) in [6.07, 6.45) is 0.300. The Hall–Kier alpha value is -1.59. The van der Waals surface area contributed by atoms with E-state index in [9.17, 15) is 0 Å². The zero-order valence-electron chi connectivity index (χ0n) is 9.21. The molecule has 0 amide bonds. The molecule has 16 heavy (non-hydrogen) atoms. The van der Waals surface area contributed by atoms with Crippen LogP contribution in [0.1, 0.15) is 16.7 Å². The number of rotatable bonds is 1. The molecule has 1 aromatic carbocycles. The zero-order valence-corrected chi connectivity index (χ0v) is 9.97. The van der Waals surface area contributed by atoms with Gasteiger partial charge in [-0.25, -0.2) is 4.98 Å². The third kappa shape index (κ3) is 1.87. The molecule has 0 aliphatic carbocycles. The fourth-order valence-corrected chi connectivity index (χ4v) is 1.88. The molecule has 1 heterocycles. The van der Waals surface area contributed by atoms with Gasteiger partial charge in [0.15, 0.2) is 0 Å². The highest BCUT2D eigenvalue weighted by Crippen LogP contribution is 2.23. The molecule has 2 rings (SSSR count). The second-order valence-electron chi connectivity index (χ2n) is 3.90. The molecular weight excluding hydrogens is 220 g/mol. The average molecular weight is 231 g/mol. The number of halogens is 1. The average Bonchev–Trinajstić information content (AvgIpc) is 2.23. The molecule has 0 aliphatic rings. The first-order chi connectivity index (χ1) is 7.61. The van der Waals surface area contributed by atoms with E-state index in [-0.39, 0.29) is 0 Å². The third-order valence-corrected chi connectivity index (χ3v) is 3.05. The van der Waals surface area contributed by atoms with E-state index in [2.05, 4.69) is 24.0 Å². The summed E-state index contributed by atoms with van der Waals surface area (Å²) in [5.74, 6) is 0. The maximum absolute atomic E-state index is 8.68. The molecule has 0 fully saturated rings. The van der Waals surface area contributed by atoms with Crippen molar-refractivity contribution in [1.29, 1.82) is 5.26 Å². The number of hydrogen-bond acceptors (Lipinski definition) is 2. The Morgan fingerprint density at radius 3 is 2.62 bits per heavy atom. The lowest BCUT2D eigenvalue weighted by Crippen LogP contribution is -1.91. The van der Waals surface area contributed by atoms with Crippen molar-refractivity contribution in [3.63, 3.8) is 0 Å². The predicted molar refractivity (Wildman–Crippen MR) is 65.5 cm³/mol. The Balaban J connectivity index is 2.70. The Labute approximate surface area is 99.5 Å². The number of pyridine rings is 1. The van der Waals surface area contributed by atoms with Crippen LogP contribution in [0, 0.1) is 25.2 Å². The van der Waals surface area contributed by atoms with Gasteiger partial charge in [0, 0.05) is 10.9 Å². The highest BCUT2D eigenvalue weighted by molar-refractivity contribution is 6.30. The first-order valence-electron chi connectivity index (χ1n) is 5.05. The van der Waals surface area contributed by atoms with Gasteiger partial charge in [-0.3, -0.25) is 0 Å². The van der Waals surface area contributed by atoms with Gasteiger partial charge in [0.05, 0.1) is 18.0 Å². The van der Waals surface area contributed by atoms with Crippen molar-refractivity contribution >= 4 is 22.5 Å². The number of nitrogens with zero attached hydrogens (tertiary/aromatic N) is 2. The van der Waals surface area contributed by atoms with Crippen LogP contribution in [-0.4, -0.2) is 4.98 Å². The van der Waals surface area contributed by atoms with Gasteiger partial charge in [0.2, 0.25) is 0 Å². The number of nitriles is 1. The Morgan fingerprint density at radius 2 is 1.94 bits per heavy atom. The lowest BCUT2D eigenvalue weighted by molar-refractivity contribution is 1.22. The summed E-state index contributed by atoms with van der Waals surface area (Å²) in [7, 11) is 0. The maximum atomic E-state index is 8.68. The van der Waals surface area contributed by atoms with E-state index in [1.165, 1.54) is 11.1 Å². The summed E-state index contributed by atoms with van der Waals surface area (Å²) < 4.78 is 0. The van der Waals surface area contributed by atoms with Crippen molar-refractivity contribution < 1.29 is 0 Å². The fraction of sp³-hybridized carbons (Fsp3) is 0.231. The lowest BCUT2D eigenvalue weighted by atomic mass is 10.0. The van der Waals surface area contributed by atoms with Crippen LogP contribution in [0.15, 0.2) is 18.2 Å². The summed E-state index contributed by atoms with van der Waals surface area (Å²) in [6, 6.07) is 8.13. The van der Waals surface area contributed by atoms with Gasteiger partial charge in [-0.15, -0.1) is 0 Å². The molecule has 2 nitrogen and oxygen atoms in total. The van der Waals surface area contributed by atoms with Gasteiger partial charge in [-0.2, -0.15) is 5.26 Å². The minimum absolute atomic E-state index is 0.300. The van der Waals surface area contributed by atoms with E-state index in [1.54, 1.807) is 0 Å². The summed E-state index contributed by atoms with van der Waals surface area (Å²) in [4.78, 5) is 4.31. The summed E-state index contributed by atoms with van der Waals surface area (Å²) >= 11 is 6.01. The monoisotopic (exact) mass is 230 g/mol. The van der Waals surface area contributed by atoms with E-state index in [0.717, 1.165) is 16.5 Å². The molecule has 80 valence electrons.